The number of aliphatic imine (C=N–C) groups is 1. The molecule has 0 saturated carbocycles. The zero-order chi connectivity index (χ0) is 13.3. The summed E-state index contributed by atoms with van der Waals surface area (Å²) in [6.45, 7) is 3.64. The number of carbonyl (C=O) groups is 1. The Kier molecular flexibility index (Phi) is 3.16. The average molecular weight is 267 g/mol. The van der Waals surface area contributed by atoms with E-state index in [1.165, 1.54) is 24.2 Å². The molecule has 3 N–H and O–H groups in total. The number of hydrogen-bond donors (Lipinski definition) is 3. The van der Waals surface area contributed by atoms with Crippen LogP contribution in [0.5, 0.6) is 5.75 Å². The van der Waals surface area contributed by atoms with E-state index in [1.54, 1.807) is 6.07 Å². The molecule has 0 fully saturated rings. The Labute approximate surface area is 108 Å². The van der Waals surface area contributed by atoms with Crippen molar-refractivity contribution in [3.05, 3.63) is 18.5 Å². The maximum Gasteiger partial charge on any atom is 0.329 e. The van der Waals surface area contributed by atoms with Gasteiger partial charge in [0.15, 0.2) is 17.0 Å². The molecule has 96 valence electrons. The number of carboxylic acids is 1. The summed E-state index contributed by atoms with van der Waals surface area (Å²) in [5.74, 6) is -0.958. The average Bonchev–Trinajstić information content (AvgIpc) is 2.57. The molecule has 0 aliphatic carbocycles. The van der Waals surface area contributed by atoms with Crippen LogP contribution in [0.4, 0.5) is 5.69 Å². The van der Waals surface area contributed by atoms with Crippen molar-refractivity contribution >= 4 is 28.6 Å². The third-order valence-corrected chi connectivity index (χ3v) is 3.69. The molecule has 1 atom stereocenters. The third kappa shape index (κ3) is 2.40. The molecule has 1 aliphatic rings. The maximum atomic E-state index is 11.1. The van der Waals surface area contributed by atoms with Crippen molar-refractivity contribution in [3.8, 4) is 5.75 Å². The number of hydrogen-bond acceptors (Lipinski definition) is 6. The van der Waals surface area contributed by atoms with Gasteiger partial charge in [-0.25, -0.2) is 9.79 Å². The fourth-order valence-electron chi connectivity index (χ4n) is 1.62. The van der Waals surface area contributed by atoms with Crippen molar-refractivity contribution in [1.29, 1.82) is 0 Å². The first kappa shape index (κ1) is 12.7. The lowest BCUT2D eigenvalue weighted by Crippen LogP contribution is -2.34. The number of anilines is 1. The van der Waals surface area contributed by atoms with Crippen LogP contribution in [0.15, 0.2) is 23.5 Å². The van der Waals surface area contributed by atoms with Crippen molar-refractivity contribution < 1.29 is 15.0 Å². The lowest BCUT2D eigenvalue weighted by atomic mass is 10.0. The van der Waals surface area contributed by atoms with Crippen LogP contribution in [-0.2, 0) is 4.79 Å². The minimum absolute atomic E-state index is 0.00242. The smallest absolute Gasteiger partial charge is 0.329 e. The molecule has 2 heterocycles. The zero-order valence-corrected chi connectivity index (χ0v) is 10.7. The predicted molar refractivity (Wildman–Crippen MR) is 70.1 cm³/mol. The van der Waals surface area contributed by atoms with Gasteiger partial charge in [0.2, 0.25) is 0 Å². The number of nitrogens with zero attached hydrogens (tertiary/aromatic N) is 2. The van der Waals surface area contributed by atoms with Crippen molar-refractivity contribution in [2.75, 3.05) is 5.32 Å². The van der Waals surface area contributed by atoms with Crippen LogP contribution in [0.25, 0.3) is 0 Å². The highest BCUT2D eigenvalue weighted by Gasteiger charge is 2.42. The molecule has 0 amide bonds. The van der Waals surface area contributed by atoms with Crippen molar-refractivity contribution in [1.82, 2.24) is 4.98 Å². The topological polar surface area (TPSA) is 94.8 Å². The molecule has 0 spiro atoms. The normalized spacial score (nSPS) is 21.4. The second kappa shape index (κ2) is 4.49. The van der Waals surface area contributed by atoms with Crippen LogP contribution < -0.4 is 5.32 Å². The van der Waals surface area contributed by atoms with Gasteiger partial charge in [0.05, 0.1) is 16.6 Å². The molecule has 1 aliphatic heterocycles. The second-order valence-electron chi connectivity index (χ2n) is 4.40. The van der Waals surface area contributed by atoms with Crippen LogP contribution in [0.1, 0.15) is 13.8 Å². The molecule has 2 rings (SSSR count). The van der Waals surface area contributed by atoms with Gasteiger partial charge in [-0.2, -0.15) is 0 Å². The highest BCUT2D eigenvalue weighted by Crippen LogP contribution is 2.38. The third-order valence-electron chi connectivity index (χ3n) is 2.54. The lowest BCUT2D eigenvalue weighted by Gasteiger charge is -2.20. The molecule has 6 nitrogen and oxygen atoms in total. The summed E-state index contributed by atoms with van der Waals surface area (Å²) in [6, 6.07) is 0.799. The number of carboxylic acid groups (broad SMARTS) is 1. The van der Waals surface area contributed by atoms with Gasteiger partial charge in [-0.1, -0.05) is 11.8 Å². The molecule has 1 aromatic rings. The van der Waals surface area contributed by atoms with Crippen LogP contribution in [0.3, 0.4) is 0 Å². The van der Waals surface area contributed by atoms with E-state index in [0.717, 1.165) is 0 Å². The molecule has 18 heavy (non-hydrogen) atoms. The lowest BCUT2D eigenvalue weighted by molar-refractivity contribution is -0.138. The summed E-state index contributed by atoms with van der Waals surface area (Å²) in [5.41, 5.74) is 0.457. The van der Waals surface area contributed by atoms with Crippen LogP contribution in [-0.4, -0.2) is 37.1 Å². The monoisotopic (exact) mass is 267 g/mol. The number of aromatic nitrogens is 1. The summed E-state index contributed by atoms with van der Waals surface area (Å²) in [7, 11) is 0. The van der Waals surface area contributed by atoms with Gasteiger partial charge in [-0.15, -0.1) is 0 Å². The van der Waals surface area contributed by atoms with Gasteiger partial charge in [0, 0.05) is 6.20 Å². The molecule has 7 heteroatoms. The number of aliphatic carboxylic acids is 1. The van der Waals surface area contributed by atoms with Gasteiger partial charge in [-0.05, 0) is 19.9 Å². The van der Waals surface area contributed by atoms with Gasteiger partial charge in [-0.3, -0.25) is 4.98 Å². The molecular formula is C11H13N3O3S. The number of aromatic hydroxyl groups is 1. The molecular weight excluding hydrogens is 254 g/mol. The molecule has 0 saturated heterocycles. The van der Waals surface area contributed by atoms with E-state index >= 15 is 0 Å². The van der Waals surface area contributed by atoms with E-state index in [1.807, 2.05) is 13.8 Å². The number of pyridine rings is 1. The van der Waals surface area contributed by atoms with E-state index < -0.39 is 16.8 Å². The standard InChI is InChI=1S/C11H13N3O3S/c1-11(2)8(9(16)17)14-10(18-11)13-6-3-4-12-5-7(6)15/h3-5,8,15H,1-2H3,(H,16,17)(H,12,13,14)/t8-/m1/s1. The van der Waals surface area contributed by atoms with Gasteiger partial charge >= 0.3 is 5.97 Å². The number of amidine groups is 1. The van der Waals surface area contributed by atoms with E-state index in [9.17, 15) is 9.90 Å². The first-order valence-electron chi connectivity index (χ1n) is 5.30. The quantitative estimate of drug-likeness (QED) is 0.752. The fraction of sp³-hybridized carbons (Fsp3) is 0.364. The van der Waals surface area contributed by atoms with Crippen molar-refractivity contribution in [2.24, 2.45) is 4.99 Å². The zero-order valence-electron chi connectivity index (χ0n) is 9.91. The Balaban J connectivity index is 2.20. The predicted octanol–water partition coefficient (Wildman–Crippen LogP) is 1.53. The summed E-state index contributed by atoms with van der Waals surface area (Å²) in [6.07, 6.45) is 2.84. The van der Waals surface area contributed by atoms with E-state index in [0.29, 0.717) is 10.9 Å². The summed E-state index contributed by atoms with van der Waals surface area (Å²) in [4.78, 5) is 18.9. The van der Waals surface area contributed by atoms with Crippen LogP contribution in [0.2, 0.25) is 0 Å². The highest BCUT2D eigenvalue weighted by atomic mass is 32.2. The Morgan fingerprint density at radius 3 is 2.83 bits per heavy atom. The van der Waals surface area contributed by atoms with Gasteiger partial charge < -0.3 is 15.5 Å². The minimum Gasteiger partial charge on any atom is -0.504 e. The van der Waals surface area contributed by atoms with E-state index in [4.69, 9.17) is 5.11 Å². The van der Waals surface area contributed by atoms with Gasteiger partial charge in [0.1, 0.15) is 0 Å². The maximum absolute atomic E-state index is 11.1. The Morgan fingerprint density at radius 1 is 1.56 bits per heavy atom. The molecule has 0 radical (unpaired) electrons. The number of rotatable bonds is 2. The molecule has 0 bridgehead atoms. The Morgan fingerprint density at radius 2 is 2.28 bits per heavy atom. The molecule has 1 aromatic heterocycles. The number of nitrogens with one attached hydrogen (secondary N) is 1. The minimum atomic E-state index is -0.955. The van der Waals surface area contributed by atoms with E-state index in [-0.39, 0.29) is 5.75 Å². The van der Waals surface area contributed by atoms with Crippen LogP contribution in [0, 0.1) is 0 Å². The Hall–Kier alpha value is -1.76. The highest BCUT2D eigenvalue weighted by molar-refractivity contribution is 8.15. The van der Waals surface area contributed by atoms with Crippen LogP contribution >= 0.6 is 11.8 Å². The first-order valence-corrected chi connectivity index (χ1v) is 6.11. The summed E-state index contributed by atoms with van der Waals surface area (Å²) < 4.78 is -0.517. The van der Waals surface area contributed by atoms with Crippen molar-refractivity contribution in [2.45, 2.75) is 24.6 Å². The summed E-state index contributed by atoms with van der Waals surface area (Å²) >= 11 is 1.33. The fourth-order valence-corrected chi connectivity index (χ4v) is 2.70. The van der Waals surface area contributed by atoms with Crippen molar-refractivity contribution in [3.63, 3.8) is 0 Å². The van der Waals surface area contributed by atoms with Gasteiger partial charge in [0.25, 0.3) is 0 Å². The summed E-state index contributed by atoms with van der Waals surface area (Å²) in [5, 5.41) is 22.0. The number of thioether (sulfide) groups is 1. The largest absolute Gasteiger partial charge is 0.504 e. The Bertz CT molecular complexity index is 516. The molecule has 0 aromatic carbocycles. The second-order valence-corrected chi connectivity index (χ2v) is 6.04. The SMILES string of the molecule is CC1(C)SC(Nc2ccncc2O)=N[C@@H]1C(=O)O. The van der Waals surface area contributed by atoms with E-state index in [2.05, 4.69) is 15.3 Å². The first-order chi connectivity index (χ1) is 8.40. The molecule has 0 unspecified atom stereocenters.